The molecule has 9 nitrogen and oxygen atoms in total. The van der Waals surface area contributed by atoms with E-state index in [1.165, 1.54) is 10.5 Å². The fourth-order valence-electron chi connectivity index (χ4n) is 4.31. The first-order valence-electron chi connectivity index (χ1n) is 13.7. The SMILES string of the molecule is O=C(CCCC(=O)OCCCc1ccccc1)NC(=S)N1CCNC(=O)C1CC(=O)OCCCc1ccccc1. The summed E-state index contributed by atoms with van der Waals surface area (Å²) in [6.45, 7) is 1.27. The van der Waals surface area contributed by atoms with Crippen molar-refractivity contribution in [1.29, 1.82) is 0 Å². The first kappa shape index (κ1) is 30.7. The lowest BCUT2D eigenvalue weighted by molar-refractivity contribution is -0.147. The number of thiocarbonyl (C=S) groups is 1. The number of rotatable bonds is 14. The lowest BCUT2D eigenvalue weighted by Crippen LogP contribution is -2.60. The molecule has 0 aliphatic carbocycles. The van der Waals surface area contributed by atoms with Crippen molar-refractivity contribution in [3.63, 3.8) is 0 Å². The maximum absolute atomic E-state index is 12.5. The van der Waals surface area contributed by atoms with Gasteiger partial charge in [0.05, 0.1) is 19.6 Å². The molecule has 3 rings (SSSR count). The number of amides is 2. The van der Waals surface area contributed by atoms with Crippen LogP contribution in [0.3, 0.4) is 0 Å². The molecule has 2 aromatic rings. The number of hydrogen-bond donors (Lipinski definition) is 2. The highest BCUT2D eigenvalue weighted by atomic mass is 32.1. The van der Waals surface area contributed by atoms with Crippen LogP contribution in [0, 0.1) is 0 Å². The van der Waals surface area contributed by atoms with Crippen molar-refractivity contribution in [3.05, 3.63) is 71.8 Å². The highest BCUT2D eigenvalue weighted by Crippen LogP contribution is 2.12. The summed E-state index contributed by atoms with van der Waals surface area (Å²) in [5.41, 5.74) is 2.35. The summed E-state index contributed by atoms with van der Waals surface area (Å²) in [6.07, 6.45) is 3.35. The van der Waals surface area contributed by atoms with Crippen LogP contribution in [-0.4, -0.2) is 66.1 Å². The van der Waals surface area contributed by atoms with E-state index in [0.717, 1.165) is 24.8 Å². The number of benzene rings is 2. The molecule has 214 valence electrons. The molecule has 1 aliphatic heterocycles. The fourth-order valence-corrected chi connectivity index (χ4v) is 4.64. The van der Waals surface area contributed by atoms with Gasteiger partial charge in [-0.2, -0.15) is 0 Å². The van der Waals surface area contributed by atoms with Crippen molar-refractivity contribution in [1.82, 2.24) is 15.5 Å². The van der Waals surface area contributed by atoms with Gasteiger partial charge in [-0.1, -0.05) is 60.7 Å². The molecule has 1 aliphatic rings. The number of ether oxygens (including phenoxy) is 2. The third-order valence-corrected chi connectivity index (χ3v) is 6.75. The van der Waals surface area contributed by atoms with Crippen LogP contribution in [0.4, 0.5) is 0 Å². The molecular formula is C30H37N3O6S. The minimum absolute atomic E-state index is 0.0743. The molecule has 2 N–H and O–H groups in total. The molecule has 1 saturated heterocycles. The van der Waals surface area contributed by atoms with Crippen molar-refractivity contribution in [2.45, 2.75) is 57.4 Å². The molecule has 0 aromatic heterocycles. The molecule has 0 radical (unpaired) electrons. The summed E-state index contributed by atoms with van der Waals surface area (Å²) < 4.78 is 10.6. The Morgan fingerprint density at radius 2 is 1.43 bits per heavy atom. The molecule has 10 heteroatoms. The predicted molar refractivity (Wildman–Crippen MR) is 154 cm³/mol. The zero-order valence-corrected chi connectivity index (χ0v) is 23.5. The van der Waals surface area contributed by atoms with Gasteiger partial charge in [0.15, 0.2) is 5.11 Å². The van der Waals surface area contributed by atoms with Crippen molar-refractivity contribution in [2.75, 3.05) is 26.3 Å². The second-order valence-corrected chi connectivity index (χ2v) is 9.92. The number of hydrogen-bond acceptors (Lipinski definition) is 7. The summed E-state index contributed by atoms with van der Waals surface area (Å²) in [5, 5.41) is 5.43. The maximum atomic E-state index is 12.5. The zero-order chi connectivity index (χ0) is 28.6. The molecule has 1 heterocycles. The summed E-state index contributed by atoms with van der Waals surface area (Å²) >= 11 is 5.38. The standard InChI is InChI=1S/C30H37N3O6S/c34-26(16-7-17-27(35)38-20-8-14-23-10-3-1-4-11-23)32-30(40)33-19-18-31-29(37)25(33)22-28(36)39-21-9-15-24-12-5-2-6-13-24/h1-6,10-13,25H,7-9,14-22H2,(H,31,37)(H,32,34,40). The normalized spacial score (nSPS) is 14.7. The van der Waals surface area contributed by atoms with E-state index in [2.05, 4.69) is 10.6 Å². The van der Waals surface area contributed by atoms with Gasteiger partial charge >= 0.3 is 11.9 Å². The van der Waals surface area contributed by atoms with E-state index in [1.807, 2.05) is 60.7 Å². The lowest BCUT2D eigenvalue weighted by Gasteiger charge is -2.36. The van der Waals surface area contributed by atoms with Gasteiger partial charge in [-0.05, 0) is 55.4 Å². The Hall–Kier alpha value is -3.79. The van der Waals surface area contributed by atoms with Crippen LogP contribution in [-0.2, 0) is 41.5 Å². The van der Waals surface area contributed by atoms with E-state index < -0.39 is 12.0 Å². The minimum Gasteiger partial charge on any atom is -0.466 e. The van der Waals surface area contributed by atoms with Crippen molar-refractivity contribution < 1.29 is 28.7 Å². The van der Waals surface area contributed by atoms with Crippen LogP contribution in [0.2, 0.25) is 0 Å². The Labute approximate surface area is 240 Å². The number of nitrogens with one attached hydrogen (secondary N) is 2. The van der Waals surface area contributed by atoms with Gasteiger partial charge in [0.1, 0.15) is 6.04 Å². The van der Waals surface area contributed by atoms with Gasteiger partial charge in [0.2, 0.25) is 11.8 Å². The maximum Gasteiger partial charge on any atom is 0.308 e. The lowest BCUT2D eigenvalue weighted by atomic mass is 10.1. The smallest absolute Gasteiger partial charge is 0.308 e. The zero-order valence-electron chi connectivity index (χ0n) is 22.6. The van der Waals surface area contributed by atoms with Crippen LogP contribution >= 0.6 is 12.2 Å². The number of carbonyl (C=O) groups is 4. The molecule has 2 aromatic carbocycles. The summed E-state index contributed by atoms with van der Waals surface area (Å²) in [4.78, 5) is 50.9. The highest BCUT2D eigenvalue weighted by molar-refractivity contribution is 7.80. The van der Waals surface area contributed by atoms with E-state index in [4.69, 9.17) is 21.7 Å². The van der Waals surface area contributed by atoms with Gasteiger partial charge in [0.25, 0.3) is 0 Å². The monoisotopic (exact) mass is 567 g/mol. The van der Waals surface area contributed by atoms with Gasteiger partial charge in [0, 0.05) is 25.9 Å². The quantitative estimate of drug-likeness (QED) is 0.203. The van der Waals surface area contributed by atoms with E-state index in [9.17, 15) is 19.2 Å². The topological polar surface area (TPSA) is 114 Å². The third-order valence-electron chi connectivity index (χ3n) is 6.41. The van der Waals surface area contributed by atoms with E-state index in [1.54, 1.807) is 0 Å². The van der Waals surface area contributed by atoms with Gasteiger partial charge in [-0.25, -0.2) is 0 Å². The van der Waals surface area contributed by atoms with Crippen molar-refractivity contribution in [3.8, 4) is 0 Å². The van der Waals surface area contributed by atoms with Gasteiger partial charge in [-0.15, -0.1) is 0 Å². The number of nitrogens with zero attached hydrogens (tertiary/aromatic N) is 1. The highest BCUT2D eigenvalue weighted by Gasteiger charge is 2.34. The number of aryl methyl sites for hydroxylation is 2. The first-order valence-corrected chi connectivity index (χ1v) is 14.1. The Bertz CT molecular complexity index is 1130. The molecule has 1 unspecified atom stereocenters. The molecule has 0 spiro atoms. The van der Waals surface area contributed by atoms with Crippen LogP contribution in [0.15, 0.2) is 60.7 Å². The fraction of sp³-hybridized carbons (Fsp3) is 0.433. The molecule has 0 saturated carbocycles. The van der Waals surface area contributed by atoms with Crippen LogP contribution in [0.25, 0.3) is 0 Å². The number of esters is 2. The van der Waals surface area contributed by atoms with Crippen LogP contribution in [0.1, 0.15) is 49.7 Å². The van der Waals surface area contributed by atoms with E-state index in [0.29, 0.717) is 32.5 Å². The summed E-state index contributed by atoms with van der Waals surface area (Å²) in [7, 11) is 0. The summed E-state index contributed by atoms with van der Waals surface area (Å²) in [5.74, 6) is -1.57. The van der Waals surface area contributed by atoms with Crippen molar-refractivity contribution in [2.24, 2.45) is 0 Å². The second-order valence-electron chi connectivity index (χ2n) is 9.53. The first-order chi connectivity index (χ1) is 19.4. The van der Waals surface area contributed by atoms with Crippen molar-refractivity contribution >= 4 is 41.1 Å². The largest absolute Gasteiger partial charge is 0.466 e. The minimum atomic E-state index is -0.867. The molecule has 2 amide bonds. The molecule has 1 atom stereocenters. The molecule has 0 bridgehead atoms. The number of piperazine rings is 1. The van der Waals surface area contributed by atoms with E-state index >= 15 is 0 Å². The Morgan fingerprint density at radius 3 is 2.02 bits per heavy atom. The molecular weight excluding hydrogens is 530 g/mol. The average molecular weight is 568 g/mol. The second kappa shape index (κ2) is 17.0. The molecule has 1 fully saturated rings. The predicted octanol–water partition coefficient (Wildman–Crippen LogP) is 3.10. The Balaban J connectivity index is 1.32. The van der Waals surface area contributed by atoms with Gasteiger partial charge < -0.3 is 25.0 Å². The molecule has 40 heavy (non-hydrogen) atoms. The summed E-state index contributed by atoms with van der Waals surface area (Å²) in [6, 6.07) is 19.0. The van der Waals surface area contributed by atoms with Crippen LogP contribution in [0.5, 0.6) is 0 Å². The Kier molecular flexibility index (Phi) is 13.1. The number of carbonyl (C=O) groups excluding carboxylic acids is 4. The Morgan fingerprint density at radius 1 is 0.850 bits per heavy atom. The van der Waals surface area contributed by atoms with Crippen LogP contribution < -0.4 is 10.6 Å². The average Bonchev–Trinajstić information content (AvgIpc) is 2.95. The van der Waals surface area contributed by atoms with E-state index in [-0.39, 0.29) is 48.8 Å². The van der Waals surface area contributed by atoms with Gasteiger partial charge in [-0.3, -0.25) is 19.2 Å². The third kappa shape index (κ3) is 11.1.